The van der Waals surface area contributed by atoms with Crippen LogP contribution in [0.25, 0.3) is 11.0 Å². The normalized spacial score (nSPS) is 10.5. The van der Waals surface area contributed by atoms with Crippen molar-refractivity contribution in [3.8, 4) is 0 Å². The van der Waals surface area contributed by atoms with Crippen molar-refractivity contribution >= 4 is 28.6 Å². The number of rotatable bonds is 4. The van der Waals surface area contributed by atoms with Crippen LogP contribution in [0.2, 0.25) is 0 Å². The van der Waals surface area contributed by atoms with Gasteiger partial charge in [0.15, 0.2) is 0 Å². The average molecular weight is 280 g/mol. The van der Waals surface area contributed by atoms with E-state index >= 15 is 0 Å². The van der Waals surface area contributed by atoms with Crippen LogP contribution in [-0.4, -0.2) is 22.5 Å². The number of carbonyl (C=O) groups is 1. The minimum atomic E-state index is -0.0825. The van der Waals surface area contributed by atoms with E-state index < -0.39 is 0 Å². The topological polar surface area (TPSA) is 59.0 Å². The summed E-state index contributed by atoms with van der Waals surface area (Å²) in [6.45, 7) is 0.214. The molecule has 0 saturated heterocycles. The first-order chi connectivity index (χ1) is 10.3. The van der Waals surface area contributed by atoms with Gasteiger partial charge in [-0.3, -0.25) is 4.79 Å². The fourth-order valence-electron chi connectivity index (χ4n) is 2.29. The number of carbonyl (C=O) groups excluding carboxylic acids is 1. The highest BCUT2D eigenvalue weighted by atomic mass is 16.1. The number of imidazole rings is 1. The molecule has 1 heterocycles. The van der Waals surface area contributed by atoms with Crippen LogP contribution in [0, 0.1) is 0 Å². The third-order valence-corrected chi connectivity index (χ3v) is 3.24. The van der Waals surface area contributed by atoms with Crippen molar-refractivity contribution in [1.29, 1.82) is 0 Å². The number of fused-ring (bicyclic) bond motifs is 1. The fraction of sp³-hybridized carbons (Fsp3) is 0.125. The second kappa shape index (κ2) is 5.66. The molecule has 1 amide bonds. The van der Waals surface area contributed by atoms with Gasteiger partial charge in [0.25, 0.3) is 0 Å². The Kier molecular flexibility index (Phi) is 3.55. The minimum Gasteiger partial charge on any atom is -0.359 e. The Morgan fingerprint density at radius 2 is 1.81 bits per heavy atom. The minimum absolute atomic E-state index is 0.0825. The van der Waals surface area contributed by atoms with Crippen LogP contribution < -0.4 is 10.6 Å². The van der Waals surface area contributed by atoms with Gasteiger partial charge in [0.2, 0.25) is 11.9 Å². The second-order valence-electron chi connectivity index (χ2n) is 4.67. The molecule has 21 heavy (non-hydrogen) atoms. The smallest absolute Gasteiger partial charge is 0.244 e. The maximum absolute atomic E-state index is 12.2. The zero-order valence-corrected chi connectivity index (χ0v) is 11.7. The van der Waals surface area contributed by atoms with E-state index in [4.69, 9.17) is 0 Å². The number of anilines is 2. The molecule has 0 saturated carbocycles. The Balaban J connectivity index is 1.85. The lowest BCUT2D eigenvalue weighted by Crippen LogP contribution is -2.19. The van der Waals surface area contributed by atoms with E-state index in [-0.39, 0.29) is 12.5 Å². The molecule has 106 valence electrons. The fourth-order valence-corrected chi connectivity index (χ4v) is 2.29. The highest BCUT2D eigenvalue weighted by molar-refractivity contribution is 5.92. The summed E-state index contributed by atoms with van der Waals surface area (Å²) in [5.74, 6) is 0.597. The Bertz CT molecular complexity index is 764. The molecule has 0 atom stereocenters. The third kappa shape index (κ3) is 2.72. The van der Waals surface area contributed by atoms with E-state index in [0.717, 1.165) is 16.7 Å². The molecule has 0 radical (unpaired) electrons. The SMILES string of the molecule is CNc1nc2ccccc2n1CC(=O)Nc1ccccc1. The van der Waals surface area contributed by atoms with Gasteiger partial charge < -0.3 is 15.2 Å². The lowest BCUT2D eigenvalue weighted by atomic mass is 10.3. The monoisotopic (exact) mass is 280 g/mol. The first-order valence-electron chi connectivity index (χ1n) is 6.76. The number of amides is 1. The number of nitrogens with one attached hydrogen (secondary N) is 2. The Hall–Kier alpha value is -2.82. The molecule has 0 aliphatic heterocycles. The van der Waals surface area contributed by atoms with Crippen LogP contribution >= 0.6 is 0 Å². The molecule has 5 heteroatoms. The van der Waals surface area contributed by atoms with E-state index in [0.29, 0.717) is 5.95 Å². The van der Waals surface area contributed by atoms with E-state index in [2.05, 4.69) is 15.6 Å². The van der Waals surface area contributed by atoms with Crippen molar-refractivity contribution in [1.82, 2.24) is 9.55 Å². The van der Waals surface area contributed by atoms with Crippen molar-refractivity contribution in [2.75, 3.05) is 17.7 Å². The van der Waals surface area contributed by atoms with Gasteiger partial charge in [0, 0.05) is 12.7 Å². The third-order valence-electron chi connectivity index (χ3n) is 3.24. The van der Waals surface area contributed by atoms with Crippen LogP contribution in [-0.2, 0) is 11.3 Å². The molecular weight excluding hydrogens is 264 g/mol. The Morgan fingerprint density at radius 1 is 1.10 bits per heavy atom. The van der Waals surface area contributed by atoms with Crippen LogP contribution in [0.15, 0.2) is 54.6 Å². The quantitative estimate of drug-likeness (QED) is 0.772. The lowest BCUT2D eigenvalue weighted by molar-refractivity contribution is -0.116. The lowest BCUT2D eigenvalue weighted by Gasteiger charge is -2.09. The van der Waals surface area contributed by atoms with Crippen LogP contribution in [0.3, 0.4) is 0 Å². The first-order valence-corrected chi connectivity index (χ1v) is 6.76. The summed E-state index contributed by atoms with van der Waals surface area (Å²) in [7, 11) is 1.80. The number of aromatic nitrogens is 2. The maximum Gasteiger partial charge on any atom is 0.244 e. The van der Waals surface area contributed by atoms with E-state index in [1.807, 2.05) is 59.2 Å². The van der Waals surface area contributed by atoms with Crippen molar-refractivity contribution in [3.63, 3.8) is 0 Å². The Labute approximate surface area is 122 Å². The zero-order chi connectivity index (χ0) is 14.7. The maximum atomic E-state index is 12.2. The van der Waals surface area contributed by atoms with Gasteiger partial charge in [-0.2, -0.15) is 0 Å². The van der Waals surface area contributed by atoms with Crippen molar-refractivity contribution in [3.05, 3.63) is 54.6 Å². The number of benzene rings is 2. The van der Waals surface area contributed by atoms with Gasteiger partial charge in [-0.15, -0.1) is 0 Å². The van der Waals surface area contributed by atoms with Crippen molar-refractivity contribution < 1.29 is 4.79 Å². The van der Waals surface area contributed by atoms with Gasteiger partial charge in [-0.1, -0.05) is 30.3 Å². The molecule has 2 aromatic carbocycles. The highest BCUT2D eigenvalue weighted by Crippen LogP contribution is 2.19. The summed E-state index contributed by atoms with van der Waals surface area (Å²) in [5, 5.41) is 5.91. The van der Waals surface area contributed by atoms with Gasteiger partial charge in [0.05, 0.1) is 11.0 Å². The van der Waals surface area contributed by atoms with Gasteiger partial charge in [-0.05, 0) is 24.3 Å². The molecule has 0 fully saturated rings. The largest absolute Gasteiger partial charge is 0.359 e. The van der Waals surface area contributed by atoms with Gasteiger partial charge in [-0.25, -0.2) is 4.98 Å². The van der Waals surface area contributed by atoms with E-state index in [1.165, 1.54) is 0 Å². The Morgan fingerprint density at radius 3 is 2.57 bits per heavy atom. The van der Waals surface area contributed by atoms with Crippen molar-refractivity contribution in [2.45, 2.75) is 6.54 Å². The molecule has 0 aliphatic rings. The number of para-hydroxylation sites is 3. The average Bonchev–Trinajstić information content (AvgIpc) is 2.86. The standard InChI is InChI=1S/C16H16N4O/c1-17-16-19-13-9-5-6-10-14(13)20(16)11-15(21)18-12-7-3-2-4-8-12/h2-10H,11H2,1H3,(H,17,19)(H,18,21). The van der Waals surface area contributed by atoms with Gasteiger partial charge >= 0.3 is 0 Å². The number of nitrogens with zero attached hydrogens (tertiary/aromatic N) is 2. The molecule has 0 aliphatic carbocycles. The van der Waals surface area contributed by atoms with E-state index in [9.17, 15) is 4.79 Å². The van der Waals surface area contributed by atoms with Crippen LogP contribution in [0.4, 0.5) is 11.6 Å². The summed E-state index contributed by atoms with van der Waals surface area (Å²) >= 11 is 0. The number of hydrogen-bond donors (Lipinski definition) is 2. The van der Waals surface area contributed by atoms with Crippen LogP contribution in [0.1, 0.15) is 0 Å². The zero-order valence-electron chi connectivity index (χ0n) is 11.7. The van der Waals surface area contributed by atoms with Crippen LogP contribution in [0.5, 0.6) is 0 Å². The molecule has 3 rings (SSSR count). The molecular formula is C16H16N4O. The van der Waals surface area contributed by atoms with Crippen molar-refractivity contribution in [2.24, 2.45) is 0 Å². The van der Waals surface area contributed by atoms with E-state index in [1.54, 1.807) is 7.05 Å². The second-order valence-corrected chi connectivity index (χ2v) is 4.67. The van der Waals surface area contributed by atoms with Gasteiger partial charge in [0.1, 0.15) is 6.54 Å². The summed E-state index contributed by atoms with van der Waals surface area (Å²) in [4.78, 5) is 16.7. The predicted octanol–water partition coefficient (Wildman–Crippen LogP) is 2.72. The molecule has 0 unspecified atom stereocenters. The molecule has 3 aromatic rings. The molecule has 5 nitrogen and oxygen atoms in total. The first kappa shape index (κ1) is 13.2. The summed E-state index contributed by atoms with van der Waals surface area (Å²) in [6.07, 6.45) is 0. The summed E-state index contributed by atoms with van der Waals surface area (Å²) in [5.41, 5.74) is 2.59. The molecule has 1 aromatic heterocycles. The molecule has 2 N–H and O–H groups in total. The highest BCUT2D eigenvalue weighted by Gasteiger charge is 2.12. The summed E-state index contributed by atoms with van der Waals surface area (Å²) in [6, 6.07) is 17.2. The predicted molar refractivity (Wildman–Crippen MR) is 84.4 cm³/mol. The summed E-state index contributed by atoms with van der Waals surface area (Å²) < 4.78 is 1.87. The number of hydrogen-bond acceptors (Lipinski definition) is 3. The molecule has 0 bridgehead atoms. The molecule has 0 spiro atoms.